The van der Waals surface area contributed by atoms with Crippen molar-refractivity contribution < 1.29 is 19.0 Å². The summed E-state index contributed by atoms with van der Waals surface area (Å²) in [6, 6.07) is 12.1. The lowest BCUT2D eigenvalue weighted by molar-refractivity contribution is -0.113. The second kappa shape index (κ2) is 9.56. The second-order valence-corrected chi connectivity index (χ2v) is 8.54. The molecule has 0 N–H and O–H groups in total. The number of aryl methyl sites for hydroxylation is 1. The Hall–Kier alpha value is -3.13. The molecular formula is C24H27N3O4S. The van der Waals surface area contributed by atoms with Gasteiger partial charge in [0.1, 0.15) is 0 Å². The van der Waals surface area contributed by atoms with Crippen LogP contribution in [0.3, 0.4) is 0 Å². The lowest BCUT2D eigenvalue weighted by Crippen LogP contribution is -2.48. The predicted octanol–water partition coefficient (Wildman–Crippen LogP) is 3.81. The van der Waals surface area contributed by atoms with Crippen LogP contribution in [0.2, 0.25) is 0 Å². The molecule has 168 valence electrons. The van der Waals surface area contributed by atoms with Gasteiger partial charge in [-0.2, -0.15) is 4.99 Å². The molecule has 1 amide bonds. The maximum atomic E-state index is 12.6. The number of nitrogens with zero attached hydrogens (tertiary/aromatic N) is 3. The summed E-state index contributed by atoms with van der Waals surface area (Å²) in [5, 5.41) is 0.762. The van der Waals surface area contributed by atoms with Crippen LogP contribution in [0.25, 0.3) is 6.08 Å². The van der Waals surface area contributed by atoms with E-state index in [1.807, 2.05) is 18.2 Å². The maximum absolute atomic E-state index is 12.6. The van der Waals surface area contributed by atoms with Gasteiger partial charge in [0.2, 0.25) is 5.75 Å². The number of piperazine rings is 1. The molecule has 2 aliphatic rings. The molecule has 8 heteroatoms. The molecular weight excluding hydrogens is 426 g/mol. The molecule has 2 heterocycles. The number of carbonyl (C=O) groups is 1. The smallest absolute Gasteiger partial charge is 0.286 e. The predicted molar refractivity (Wildman–Crippen MR) is 129 cm³/mol. The summed E-state index contributed by atoms with van der Waals surface area (Å²) in [4.78, 5) is 22.1. The lowest BCUT2D eigenvalue weighted by atomic mass is 10.1. The minimum Gasteiger partial charge on any atom is -0.493 e. The maximum Gasteiger partial charge on any atom is 0.286 e. The summed E-state index contributed by atoms with van der Waals surface area (Å²) in [6.07, 6.45) is 1.82. The quantitative estimate of drug-likeness (QED) is 0.638. The van der Waals surface area contributed by atoms with Gasteiger partial charge >= 0.3 is 0 Å². The first-order valence-electron chi connectivity index (χ1n) is 10.4. The van der Waals surface area contributed by atoms with Crippen molar-refractivity contribution in [2.75, 3.05) is 52.4 Å². The molecule has 0 atom stereocenters. The molecule has 0 saturated carbocycles. The molecule has 1 saturated heterocycles. The summed E-state index contributed by atoms with van der Waals surface area (Å²) in [6.45, 7) is 5.57. The molecule has 2 aromatic rings. The molecule has 0 aromatic heterocycles. The van der Waals surface area contributed by atoms with E-state index >= 15 is 0 Å². The number of ether oxygens (including phenoxy) is 3. The second-order valence-electron chi connectivity index (χ2n) is 7.53. The van der Waals surface area contributed by atoms with Crippen LogP contribution in [0.5, 0.6) is 17.2 Å². The Balaban J connectivity index is 1.46. The van der Waals surface area contributed by atoms with Crippen molar-refractivity contribution in [3.63, 3.8) is 0 Å². The summed E-state index contributed by atoms with van der Waals surface area (Å²) in [7, 11) is 4.71. The Morgan fingerprint density at radius 2 is 1.56 bits per heavy atom. The van der Waals surface area contributed by atoms with Crippen molar-refractivity contribution >= 4 is 34.6 Å². The van der Waals surface area contributed by atoms with Crippen LogP contribution in [0.4, 0.5) is 5.69 Å². The van der Waals surface area contributed by atoms with E-state index in [0.717, 1.165) is 36.9 Å². The van der Waals surface area contributed by atoms with Crippen LogP contribution in [0.15, 0.2) is 46.3 Å². The number of amidine groups is 1. The fourth-order valence-corrected chi connectivity index (χ4v) is 4.89. The minimum absolute atomic E-state index is 0.222. The lowest BCUT2D eigenvalue weighted by Gasteiger charge is -2.37. The van der Waals surface area contributed by atoms with Crippen molar-refractivity contribution in [1.82, 2.24) is 4.90 Å². The van der Waals surface area contributed by atoms with Crippen molar-refractivity contribution in [2.24, 2.45) is 4.99 Å². The first kappa shape index (κ1) is 22.1. The third-order valence-corrected chi connectivity index (χ3v) is 6.64. The van der Waals surface area contributed by atoms with Crippen LogP contribution in [-0.2, 0) is 4.79 Å². The molecule has 2 aliphatic heterocycles. The van der Waals surface area contributed by atoms with Gasteiger partial charge in [0.25, 0.3) is 5.91 Å². The zero-order valence-electron chi connectivity index (χ0n) is 18.8. The molecule has 2 aromatic carbocycles. The van der Waals surface area contributed by atoms with Gasteiger partial charge in [0, 0.05) is 31.9 Å². The molecule has 0 spiro atoms. The number of benzene rings is 2. The number of thioether (sulfide) groups is 1. The SMILES string of the molecule is COc1cc(C=C2SC(N3CCN(c4ccccc4C)CC3)=NC2=O)cc(OC)c1OC. The monoisotopic (exact) mass is 453 g/mol. The number of para-hydroxylation sites is 1. The van der Waals surface area contributed by atoms with Gasteiger partial charge < -0.3 is 24.0 Å². The van der Waals surface area contributed by atoms with E-state index in [4.69, 9.17) is 14.2 Å². The van der Waals surface area contributed by atoms with Gasteiger partial charge in [-0.05, 0) is 54.1 Å². The topological polar surface area (TPSA) is 63.6 Å². The normalized spacial score (nSPS) is 17.6. The first-order chi connectivity index (χ1) is 15.5. The van der Waals surface area contributed by atoms with E-state index in [2.05, 4.69) is 46.0 Å². The largest absolute Gasteiger partial charge is 0.493 e. The molecule has 0 unspecified atom stereocenters. The van der Waals surface area contributed by atoms with E-state index < -0.39 is 0 Å². The third kappa shape index (κ3) is 4.41. The Morgan fingerprint density at radius 3 is 2.16 bits per heavy atom. The van der Waals surface area contributed by atoms with Gasteiger partial charge in [-0.15, -0.1) is 0 Å². The fraction of sp³-hybridized carbons (Fsp3) is 0.333. The van der Waals surface area contributed by atoms with E-state index in [9.17, 15) is 4.79 Å². The molecule has 4 rings (SSSR count). The van der Waals surface area contributed by atoms with Crippen LogP contribution < -0.4 is 19.1 Å². The summed E-state index contributed by atoms with van der Waals surface area (Å²) in [5.41, 5.74) is 3.34. The Bertz CT molecular complexity index is 1050. The molecule has 7 nitrogen and oxygen atoms in total. The first-order valence-corrected chi connectivity index (χ1v) is 11.2. The third-order valence-electron chi connectivity index (χ3n) is 5.60. The molecule has 0 bridgehead atoms. The highest BCUT2D eigenvalue weighted by Crippen LogP contribution is 2.40. The van der Waals surface area contributed by atoms with E-state index in [1.54, 1.807) is 21.3 Å². The Kier molecular flexibility index (Phi) is 6.60. The number of hydrogen-bond acceptors (Lipinski definition) is 7. The van der Waals surface area contributed by atoms with Gasteiger partial charge in [-0.25, -0.2) is 0 Å². The number of anilines is 1. The van der Waals surface area contributed by atoms with Crippen LogP contribution in [0.1, 0.15) is 11.1 Å². The van der Waals surface area contributed by atoms with Crippen LogP contribution in [-0.4, -0.2) is 63.5 Å². The van der Waals surface area contributed by atoms with E-state index in [-0.39, 0.29) is 5.91 Å². The highest BCUT2D eigenvalue weighted by atomic mass is 32.2. The van der Waals surface area contributed by atoms with Crippen molar-refractivity contribution in [1.29, 1.82) is 0 Å². The van der Waals surface area contributed by atoms with Crippen LogP contribution >= 0.6 is 11.8 Å². The standard InChI is InChI=1S/C24H27N3O4S/c1-16-7-5-6-8-18(16)26-9-11-27(12-10-26)24-25-23(28)21(32-24)15-17-13-19(29-2)22(31-4)20(14-17)30-3/h5-8,13-15H,9-12H2,1-4H3. The minimum atomic E-state index is -0.222. The number of rotatable bonds is 5. The fourth-order valence-electron chi connectivity index (χ4n) is 3.93. The number of carbonyl (C=O) groups excluding carboxylic acids is 1. The Morgan fingerprint density at radius 1 is 0.938 bits per heavy atom. The van der Waals surface area contributed by atoms with Gasteiger partial charge in [-0.1, -0.05) is 18.2 Å². The summed E-state index contributed by atoms with van der Waals surface area (Å²) >= 11 is 1.41. The highest BCUT2D eigenvalue weighted by Gasteiger charge is 2.29. The molecule has 1 fully saturated rings. The summed E-state index contributed by atoms with van der Waals surface area (Å²) in [5.74, 6) is 1.39. The zero-order valence-corrected chi connectivity index (χ0v) is 19.6. The molecule has 0 aliphatic carbocycles. The van der Waals surface area contributed by atoms with Gasteiger partial charge in [0.15, 0.2) is 16.7 Å². The van der Waals surface area contributed by atoms with Gasteiger partial charge in [-0.3, -0.25) is 4.79 Å². The van der Waals surface area contributed by atoms with Crippen molar-refractivity contribution in [2.45, 2.75) is 6.92 Å². The highest BCUT2D eigenvalue weighted by molar-refractivity contribution is 8.18. The Labute approximate surface area is 192 Å². The number of aliphatic imine (C=N–C) groups is 1. The zero-order chi connectivity index (χ0) is 22.7. The average Bonchev–Trinajstić information content (AvgIpc) is 3.18. The van der Waals surface area contributed by atoms with Crippen molar-refractivity contribution in [3.8, 4) is 17.2 Å². The van der Waals surface area contributed by atoms with E-state index in [0.29, 0.717) is 22.2 Å². The molecule has 0 radical (unpaired) electrons. The number of hydrogen-bond donors (Lipinski definition) is 0. The summed E-state index contributed by atoms with van der Waals surface area (Å²) < 4.78 is 16.2. The number of methoxy groups -OCH3 is 3. The van der Waals surface area contributed by atoms with E-state index in [1.165, 1.54) is 23.0 Å². The van der Waals surface area contributed by atoms with Crippen molar-refractivity contribution in [3.05, 3.63) is 52.4 Å². The number of amides is 1. The van der Waals surface area contributed by atoms with Crippen LogP contribution in [0, 0.1) is 6.92 Å². The van der Waals surface area contributed by atoms with Gasteiger partial charge in [0.05, 0.1) is 26.2 Å². The molecule has 32 heavy (non-hydrogen) atoms. The average molecular weight is 454 g/mol.